The number of nitrogens with zero attached hydrogens (tertiary/aromatic N) is 3. The highest BCUT2D eigenvalue weighted by molar-refractivity contribution is 5.73. The van der Waals surface area contributed by atoms with Crippen LogP contribution in [0.25, 0.3) is 11.8 Å². The van der Waals surface area contributed by atoms with Crippen molar-refractivity contribution in [3.63, 3.8) is 0 Å². The van der Waals surface area contributed by atoms with Crippen LogP contribution in [0.3, 0.4) is 0 Å². The molecule has 74 valence electrons. The van der Waals surface area contributed by atoms with E-state index >= 15 is 0 Å². The van der Waals surface area contributed by atoms with Crippen molar-refractivity contribution in [3.05, 3.63) is 48.6 Å². The van der Waals surface area contributed by atoms with Gasteiger partial charge < -0.3 is 0 Å². The fraction of sp³-hybridized carbons (Fsp3) is 0. The van der Waals surface area contributed by atoms with Gasteiger partial charge in [-0.25, -0.2) is 0 Å². The molecule has 0 aliphatic heterocycles. The van der Waals surface area contributed by atoms with E-state index in [2.05, 4.69) is 10.2 Å². The van der Waals surface area contributed by atoms with Gasteiger partial charge in [0.15, 0.2) is 0 Å². The number of carbonyl (C=O) groups excluding carboxylic acids is 1. The Kier molecular flexibility index (Phi) is 2.69. The zero-order valence-corrected chi connectivity index (χ0v) is 7.95. The largest absolute Gasteiger partial charge is 0.299 e. The minimum absolute atomic E-state index is 0.758. The molecule has 1 aromatic heterocycles. The van der Waals surface area contributed by atoms with Crippen molar-refractivity contribution in [1.82, 2.24) is 14.8 Å². The Hall–Kier alpha value is -2.23. The predicted molar refractivity (Wildman–Crippen MR) is 56.5 cm³/mol. The third-order valence-corrected chi connectivity index (χ3v) is 1.98. The van der Waals surface area contributed by atoms with Crippen LogP contribution in [0.4, 0.5) is 0 Å². The van der Waals surface area contributed by atoms with E-state index in [4.69, 9.17) is 0 Å². The van der Waals surface area contributed by atoms with Gasteiger partial charge in [-0.2, -0.15) is 0 Å². The Morgan fingerprint density at radius 2 is 1.73 bits per heavy atom. The van der Waals surface area contributed by atoms with Crippen LogP contribution in [0, 0.1) is 0 Å². The first-order valence-electron chi connectivity index (χ1n) is 4.47. The standard InChI is InChI=1S/C11H9N3O/c15-7-1-2-10-3-5-11(6-4-10)14-8-12-13-9-14/h1-9H/b2-1+. The van der Waals surface area contributed by atoms with Crippen molar-refractivity contribution in [2.45, 2.75) is 0 Å². The Balaban J connectivity index is 2.24. The number of benzene rings is 1. The molecular formula is C11H9N3O. The second-order valence-electron chi connectivity index (χ2n) is 2.96. The van der Waals surface area contributed by atoms with Gasteiger partial charge in [0, 0.05) is 5.69 Å². The maximum absolute atomic E-state index is 10.1. The van der Waals surface area contributed by atoms with Gasteiger partial charge in [-0.3, -0.25) is 9.36 Å². The van der Waals surface area contributed by atoms with Crippen molar-refractivity contribution in [2.75, 3.05) is 0 Å². The summed E-state index contributed by atoms with van der Waals surface area (Å²) in [6.45, 7) is 0. The lowest BCUT2D eigenvalue weighted by Crippen LogP contribution is -1.89. The van der Waals surface area contributed by atoms with Crippen LogP contribution in [0.5, 0.6) is 0 Å². The molecular weight excluding hydrogens is 190 g/mol. The molecule has 0 aliphatic carbocycles. The fourth-order valence-corrected chi connectivity index (χ4v) is 1.24. The summed E-state index contributed by atoms with van der Waals surface area (Å²) in [4.78, 5) is 10.1. The lowest BCUT2D eigenvalue weighted by molar-refractivity contribution is -0.104. The number of hydrogen-bond acceptors (Lipinski definition) is 3. The molecule has 0 amide bonds. The van der Waals surface area contributed by atoms with Gasteiger partial charge >= 0.3 is 0 Å². The number of aldehydes is 1. The molecule has 0 saturated heterocycles. The average molecular weight is 199 g/mol. The van der Waals surface area contributed by atoms with E-state index in [1.807, 2.05) is 28.8 Å². The normalized spacial score (nSPS) is 10.7. The summed E-state index contributed by atoms with van der Waals surface area (Å²) < 4.78 is 1.81. The molecule has 0 spiro atoms. The monoisotopic (exact) mass is 199 g/mol. The second kappa shape index (κ2) is 4.32. The number of allylic oxidation sites excluding steroid dienone is 1. The predicted octanol–water partition coefficient (Wildman–Crippen LogP) is 1.48. The smallest absolute Gasteiger partial charge is 0.142 e. The summed E-state index contributed by atoms with van der Waals surface area (Å²) in [6, 6.07) is 7.73. The molecule has 0 atom stereocenters. The summed E-state index contributed by atoms with van der Waals surface area (Å²) in [6.07, 6.45) is 7.25. The third-order valence-electron chi connectivity index (χ3n) is 1.98. The first-order valence-corrected chi connectivity index (χ1v) is 4.47. The number of rotatable bonds is 3. The van der Waals surface area contributed by atoms with Crippen LogP contribution in [-0.4, -0.2) is 21.1 Å². The molecule has 2 rings (SSSR count). The van der Waals surface area contributed by atoms with E-state index in [1.165, 1.54) is 6.08 Å². The maximum Gasteiger partial charge on any atom is 0.142 e. The van der Waals surface area contributed by atoms with Crippen molar-refractivity contribution < 1.29 is 4.79 Å². The molecule has 4 nitrogen and oxygen atoms in total. The van der Waals surface area contributed by atoms with Crippen molar-refractivity contribution >= 4 is 12.4 Å². The SMILES string of the molecule is O=C/C=C/c1ccc(-n2cnnc2)cc1. The first-order chi connectivity index (χ1) is 7.40. The Labute approximate surface area is 86.9 Å². The van der Waals surface area contributed by atoms with Crippen molar-refractivity contribution in [3.8, 4) is 5.69 Å². The van der Waals surface area contributed by atoms with Crippen molar-refractivity contribution in [1.29, 1.82) is 0 Å². The van der Waals surface area contributed by atoms with Gasteiger partial charge in [0.25, 0.3) is 0 Å². The van der Waals surface area contributed by atoms with Crippen LogP contribution in [-0.2, 0) is 4.79 Å². The van der Waals surface area contributed by atoms with Gasteiger partial charge in [0.05, 0.1) is 0 Å². The highest BCUT2D eigenvalue weighted by atomic mass is 16.1. The van der Waals surface area contributed by atoms with Gasteiger partial charge in [0.2, 0.25) is 0 Å². The van der Waals surface area contributed by atoms with E-state index in [-0.39, 0.29) is 0 Å². The summed E-state index contributed by atoms with van der Waals surface area (Å²) in [7, 11) is 0. The van der Waals surface area contributed by atoms with Gasteiger partial charge in [-0.15, -0.1) is 10.2 Å². The average Bonchev–Trinajstić information content (AvgIpc) is 2.80. The highest BCUT2D eigenvalue weighted by Gasteiger charge is 1.94. The van der Waals surface area contributed by atoms with Gasteiger partial charge in [0.1, 0.15) is 18.9 Å². The molecule has 4 heteroatoms. The summed E-state index contributed by atoms with van der Waals surface area (Å²) in [5.41, 5.74) is 1.97. The number of aromatic nitrogens is 3. The molecule has 0 aliphatic rings. The van der Waals surface area contributed by atoms with Crippen LogP contribution in [0.2, 0.25) is 0 Å². The molecule has 0 bridgehead atoms. The van der Waals surface area contributed by atoms with Crippen LogP contribution in [0.1, 0.15) is 5.56 Å². The summed E-state index contributed by atoms with van der Waals surface area (Å²) >= 11 is 0. The topological polar surface area (TPSA) is 47.8 Å². The highest BCUT2D eigenvalue weighted by Crippen LogP contribution is 2.09. The number of carbonyl (C=O) groups is 1. The minimum Gasteiger partial charge on any atom is -0.299 e. The zero-order chi connectivity index (χ0) is 10.5. The summed E-state index contributed by atoms with van der Waals surface area (Å²) in [5.74, 6) is 0. The Bertz CT molecular complexity index is 457. The molecule has 1 heterocycles. The van der Waals surface area contributed by atoms with Gasteiger partial charge in [-0.1, -0.05) is 18.2 Å². The molecule has 15 heavy (non-hydrogen) atoms. The maximum atomic E-state index is 10.1. The van der Waals surface area contributed by atoms with Crippen molar-refractivity contribution in [2.24, 2.45) is 0 Å². The zero-order valence-electron chi connectivity index (χ0n) is 7.95. The van der Waals surface area contributed by atoms with E-state index in [0.29, 0.717) is 0 Å². The Morgan fingerprint density at radius 1 is 1.07 bits per heavy atom. The Morgan fingerprint density at radius 3 is 2.33 bits per heavy atom. The molecule has 0 saturated carbocycles. The summed E-state index contributed by atoms with van der Waals surface area (Å²) in [5, 5.41) is 7.45. The lowest BCUT2D eigenvalue weighted by atomic mass is 10.2. The van der Waals surface area contributed by atoms with E-state index in [0.717, 1.165) is 17.5 Å². The molecule has 0 unspecified atom stereocenters. The van der Waals surface area contributed by atoms with E-state index in [1.54, 1.807) is 18.7 Å². The molecule has 1 aromatic carbocycles. The fourth-order valence-electron chi connectivity index (χ4n) is 1.24. The number of hydrogen-bond donors (Lipinski definition) is 0. The molecule has 0 N–H and O–H groups in total. The van der Waals surface area contributed by atoms with Gasteiger partial charge in [-0.05, 0) is 23.8 Å². The quantitative estimate of drug-likeness (QED) is 0.555. The van der Waals surface area contributed by atoms with Crippen LogP contribution < -0.4 is 0 Å². The second-order valence-corrected chi connectivity index (χ2v) is 2.96. The van der Waals surface area contributed by atoms with Crippen LogP contribution in [0.15, 0.2) is 43.0 Å². The third kappa shape index (κ3) is 2.17. The molecule has 2 aromatic rings. The van der Waals surface area contributed by atoms with Crippen LogP contribution >= 0.6 is 0 Å². The molecule has 0 radical (unpaired) electrons. The lowest BCUT2D eigenvalue weighted by Gasteiger charge is -2.00. The first kappa shape index (κ1) is 9.33. The van der Waals surface area contributed by atoms with E-state index < -0.39 is 0 Å². The van der Waals surface area contributed by atoms with E-state index in [9.17, 15) is 4.79 Å². The minimum atomic E-state index is 0.758. The molecule has 0 fully saturated rings.